The smallest absolute Gasteiger partial charge is 0.393 e. The second-order valence-corrected chi connectivity index (χ2v) is 5.03. The largest absolute Gasteiger partial charge is 0.416 e. The van der Waals surface area contributed by atoms with Crippen molar-refractivity contribution in [3.05, 3.63) is 35.4 Å². The van der Waals surface area contributed by atoms with E-state index in [2.05, 4.69) is 5.32 Å². The molecule has 1 aromatic rings. The highest BCUT2D eigenvalue weighted by atomic mass is 19.4. The fraction of sp³-hybridized carbons (Fsp3) is 0.500. The van der Waals surface area contributed by atoms with Crippen LogP contribution in [0.3, 0.4) is 0 Å². The van der Waals surface area contributed by atoms with Crippen molar-refractivity contribution in [3.63, 3.8) is 0 Å². The monoisotopic (exact) mass is 287 g/mol. The second kappa shape index (κ2) is 5.83. The number of rotatable bonds is 5. The molecule has 1 aromatic carbocycles. The molecule has 3 nitrogen and oxygen atoms in total. The lowest BCUT2D eigenvalue weighted by atomic mass is 10.1. The SMILES string of the molecule is O=C(NCCC(O)C1CC1)c1cccc(C(F)(F)F)c1. The summed E-state index contributed by atoms with van der Waals surface area (Å²) in [5.41, 5.74) is -0.871. The zero-order valence-corrected chi connectivity index (χ0v) is 10.8. The van der Waals surface area contributed by atoms with Gasteiger partial charge in [-0.3, -0.25) is 4.79 Å². The van der Waals surface area contributed by atoms with E-state index in [-0.39, 0.29) is 12.1 Å². The molecule has 0 aromatic heterocycles. The Morgan fingerprint density at radius 2 is 2.10 bits per heavy atom. The lowest BCUT2D eigenvalue weighted by Crippen LogP contribution is -2.28. The Hall–Kier alpha value is -1.56. The van der Waals surface area contributed by atoms with Crippen LogP contribution in [0.15, 0.2) is 24.3 Å². The summed E-state index contributed by atoms with van der Waals surface area (Å²) in [4.78, 5) is 11.7. The maximum atomic E-state index is 12.5. The maximum Gasteiger partial charge on any atom is 0.416 e. The van der Waals surface area contributed by atoms with Gasteiger partial charge in [-0.25, -0.2) is 0 Å². The van der Waals surface area contributed by atoms with E-state index in [1.165, 1.54) is 12.1 Å². The first kappa shape index (κ1) is 14.8. The number of hydrogen-bond donors (Lipinski definition) is 2. The van der Waals surface area contributed by atoms with E-state index in [1.807, 2.05) is 0 Å². The summed E-state index contributed by atoms with van der Waals surface area (Å²) in [6.07, 6.45) is -2.46. The van der Waals surface area contributed by atoms with Gasteiger partial charge in [-0.1, -0.05) is 6.07 Å². The zero-order valence-electron chi connectivity index (χ0n) is 10.8. The van der Waals surface area contributed by atoms with Crippen LogP contribution < -0.4 is 5.32 Å². The molecule has 6 heteroatoms. The summed E-state index contributed by atoms with van der Waals surface area (Å²) in [7, 11) is 0. The molecule has 0 heterocycles. The summed E-state index contributed by atoms with van der Waals surface area (Å²) in [5.74, 6) is -0.237. The standard InChI is InChI=1S/C14H16F3NO2/c15-14(16,17)11-3-1-2-10(8-11)13(20)18-7-6-12(19)9-4-5-9/h1-3,8-9,12,19H,4-7H2,(H,18,20). The van der Waals surface area contributed by atoms with E-state index in [0.29, 0.717) is 12.3 Å². The number of amides is 1. The molecule has 2 rings (SSSR count). The summed E-state index contributed by atoms with van der Waals surface area (Å²) in [6, 6.07) is 4.29. The molecule has 1 unspecified atom stereocenters. The third-order valence-corrected chi connectivity index (χ3v) is 3.34. The van der Waals surface area contributed by atoms with E-state index in [9.17, 15) is 23.1 Å². The number of aliphatic hydroxyl groups excluding tert-OH is 1. The molecule has 0 saturated heterocycles. The molecule has 1 aliphatic carbocycles. The molecule has 20 heavy (non-hydrogen) atoms. The van der Waals surface area contributed by atoms with E-state index in [4.69, 9.17) is 0 Å². The molecule has 0 spiro atoms. The van der Waals surface area contributed by atoms with Gasteiger partial charge in [0.15, 0.2) is 0 Å². The summed E-state index contributed by atoms with van der Waals surface area (Å²) in [5, 5.41) is 12.1. The Bertz CT molecular complexity index is 484. The molecule has 0 bridgehead atoms. The first-order chi connectivity index (χ1) is 9.38. The molecule has 1 saturated carbocycles. The molecular formula is C14H16F3NO2. The number of carbonyl (C=O) groups excluding carboxylic acids is 1. The highest BCUT2D eigenvalue weighted by Crippen LogP contribution is 2.33. The fourth-order valence-electron chi connectivity index (χ4n) is 1.99. The van der Waals surface area contributed by atoms with E-state index in [0.717, 1.165) is 25.0 Å². The Balaban J connectivity index is 1.88. The van der Waals surface area contributed by atoms with Crippen molar-refractivity contribution in [1.82, 2.24) is 5.32 Å². The Kier molecular flexibility index (Phi) is 4.32. The molecular weight excluding hydrogens is 271 g/mol. The van der Waals surface area contributed by atoms with Gasteiger partial charge in [-0.2, -0.15) is 13.2 Å². The third-order valence-electron chi connectivity index (χ3n) is 3.34. The molecule has 0 aliphatic heterocycles. The van der Waals surface area contributed by atoms with E-state index < -0.39 is 23.8 Å². The lowest BCUT2D eigenvalue weighted by Gasteiger charge is -2.11. The number of carbonyl (C=O) groups is 1. The van der Waals surface area contributed by atoms with Crippen LogP contribution in [0.4, 0.5) is 13.2 Å². The highest BCUT2D eigenvalue weighted by molar-refractivity contribution is 5.94. The maximum absolute atomic E-state index is 12.5. The van der Waals surface area contributed by atoms with Gasteiger partial charge in [0.05, 0.1) is 11.7 Å². The van der Waals surface area contributed by atoms with Crippen LogP contribution in [0.1, 0.15) is 35.2 Å². The predicted molar refractivity (Wildman–Crippen MR) is 67.1 cm³/mol. The second-order valence-electron chi connectivity index (χ2n) is 5.03. The van der Waals surface area contributed by atoms with Crippen LogP contribution in [0.25, 0.3) is 0 Å². The number of halogens is 3. The van der Waals surface area contributed by atoms with Gasteiger partial charge in [0.2, 0.25) is 0 Å². The van der Waals surface area contributed by atoms with Crippen molar-refractivity contribution in [2.24, 2.45) is 5.92 Å². The molecule has 1 amide bonds. The number of hydrogen-bond acceptors (Lipinski definition) is 2. The molecule has 1 aliphatic rings. The van der Waals surface area contributed by atoms with Crippen molar-refractivity contribution < 1.29 is 23.1 Å². The number of nitrogens with one attached hydrogen (secondary N) is 1. The first-order valence-electron chi connectivity index (χ1n) is 6.51. The van der Waals surface area contributed by atoms with E-state index >= 15 is 0 Å². The van der Waals surface area contributed by atoms with Gasteiger partial charge < -0.3 is 10.4 Å². The lowest BCUT2D eigenvalue weighted by molar-refractivity contribution is -0.137. The first-order valence-corrected chi connectivity index (χ1v) is 6.51. The number of aliphatic hydroxyl groups is 1. The van der Waals surface area contributed by atoms with Crippen molar-refractivity contribution >= 4 is 5.91 Å². The average molecular weight is 287 g/mol. The normalized spacial score (nSPS) is 16.8. The Morgan fingerprint density at radius 1 is 1.40 bits per heavy atom. The van der Waals surface area contributed by atoms with Gasteiger partial charge >= 0.3 is 6.18 Å². The van der Waals surface area contributed by atoms with Gasteiger partial charge in [0, 0.05) is 12.1 Å². The topological polar surface area (TPSA) is 49.3 Å². The highest BCUT2D eigenvalue weighted by Gasteiger charge is 2.31. The van der Waals surface area contributed by atoms with Gasteiger partial charge in [-0.05, 0) is 43.4 Å². The minimum Gasteiger partial charge on any atom is -0.393 e. The van der Waals surface area contributed by atoms with Gasteiger partial charge in [0.25, 0.3) is 5.91 Å². The molecule has 1 atom stereocenters. The molecule has 2 N–H and O–H groups in total. The summed E-state index contributed by atoms with van der Waals surface area (Å²) >= 11 is 0. The zero-order chi connectivity index (χ0) is 14.8. The summed E-state index contributed by atoms with van der Waals surface area (Å²) in [6.45, 7) is 0.257. The van der Waals surface area contributed by atoms with Crippen LogP contribution >= 0.6 is 0 Å². The quantitative estimate of drug-likeness (QED) is 0.874. The Labute approximate surface area is 114 Å². The van der Waals surface area contributed by atoms with Gasteiger partial charge in [0.1, 0.15) is 0 Å². The van der Waals surface area contributed by atoms with Crippen LogP contribution in [-0.2, 0) is 6.18 Å². The van der Waals surface area contributed by atoms with Crippen LogP contribution in [0.2, 0.25) is 0 Å². The van der Waals surface area contributed by atoms with Crippen molar-refractivity contribution in [3.8, 4) is 0 Å². The molecule has 0 radical (unpaired) electrons. The van der Waals surface area contributed by atoms with Crippen molar-refractivity contribution in [2.75, 3.05) is 6.54 Å². The minimum atomic E-state index is -4.46. The van der Waals surface area contributed by atoms with Gasteiger partial charge in [-0.15, -0.1) is 0 Å². The fourth-order valence-corrected chi connectivity index (χ4v) is 1.99. The van der Waals surface area contributed by atoms with Crippen molar-refractivity contribution in [2.45, 2.75) is 31.5 Å². The minimum absolute atomic E-state index is 0.0271. The van der Waals surface area contributed by atoms with Crippen LogP contribution in [0.5, 0.6) is 0 Å². The predicted octanol–water partition coefficient (Wildman–Crippen LogP) is 2.60. The number of benzene rings is 1. The molecule has 1 fully saturated rings. The van der Waals surface area contributed by atoms with Crippen LogP contribution in [0, 0.1) is 5.92 Å². The summed E-state index contributed by atoms with van der Waals surface area (Å²) < 4.78 is 37.6. The molecule has 110 valence electrons. The van der Waals surface area contributed by atoms with E-state index in [1.54, 1.807) is 0 Å². The number of alkyl halides is 3. The Morgan fingerprint density at radius 3 is 2.70 bits per heavy atom. The third kappa shape index (κ3) is 3.96. The van der Waals surface area contributed by atoms with Crippen LogP contribution in [-0.4, -0.2) is 23.7 Å². The van der Waals surface area contributed by atoms with Crippen molar-refractivity contribution in [1.29, 1.82) is 0 Å². The average Bonchev–Trinajstić information content (AvgIpc) is 3.22.